The van der Waals surface area contributed by atoms with Crippen molar-refractivity contribution in [3.8, 4) is 11.5 Å². The molecular formula is C21H29N5O3S. The zero-order valence-corrected chi connectivity index (χ0v) is 18.5. The lowest BCUT2D eigenvalue weighted by Gasteiger charge is -2.14. The van der Waals surface area contributed by atoms with E-state index in [1.165, 1.54) is 19.3 Å². The van der Waals surface area contributed by atoms with Gasteiger partial charge in [0, 0.05) is 24.9 Å². The fourth-order valence-corrected chi connectivity index (χ4v) is 4.22. The Morgan fingerprint density at radius 2 is 2.00 bits per heavy atom. The Labute approximate surface area is 180 Å². The molecule has 0 amide bonds. The van der Waals surface area contributed by atoms with Crippen LogP contribution in [0.3, 0.4) is 0 Å². The topological polar surface area (TPSA) is 115 Å². The minimum atomic E-state index is 0.0359. The van der Waals surface area contributed by atoms with Gasteiger partial charge in [0.05, 0.1) is 23.6 Å². The Morgan fingerprint density at radius 3 is 2.60 bits per heavy atom. The number of aryl methyl sites for hydroxylation is 1. The second kappa shape index (κ2) is 10.4. The van der Waals surface area contributed by atoms with Gasteiger partial charge in [0.25, 0.3) is 0 Å². The maximum atomic E-state index is 8.91. The molecule has 30 heavy (non-hydrogen) atoms. The van der Waals surface area contributed by atoms with E-state index in [4.69, 9.17) is 20.3 Å². The Kier molecular flexibility index (Phi) is 7.64. The number of rotatable bonds is 5. The van der Waals surface area contributed by atoms with Gasteiger partial charge in [-0.05, 0) is 25.8 Å². The van der Waals surface area contributed by atoms with E-state index >= 15 is 0 Å². The van der Waals surface area contributed by atoms with Gasteiger partial charge in [0.2, 0.25) is 5.95 Å². The smallest absolute Gasteiger partial charge is 0.220 e. The highest BCUT2D eigenvalue weighted by Crippen LogP contribution is 2.40. The zero-order valence-electron chi connectivity index (χ0n) is 17.6. The molecule has 8 nitrogen and oxygen atoms in total. The molecule has 0 spiro atoms. The van der Waals surface area contributed by atoms with Crippen LogP contribution in [0.2, 0.25) is 0 Å². The van der Waals surface area contributed by atoms with E-state index in [1.807, 2.05) is 20.0 Å². The van der Waals surface area contributed by atoms with Crippen LogP contribution >= 0.6 is 11.3 Å². The summed E-state index contributed by atoms with van der Waals surface area (Å²) in [5, 5.41) is 12.8. The summed E-state index contributed by atoms with van der Waals surface area (Å²) in [6.45, 7) is 2.31. The number of fused-ring (bicyclic) bond motifs is 1. The number of nitrogens with one attached hydrogen (secondary N) is 1. The van der Waals surface area contributed by atoms with Crippen LogP contribution < -0.4 is 20.5 Å². The minimum Gasteiger partial charge on any atom is -0.494 e. The molecule has 1 aliphatic rings. The molecule has 1 aromatic carbocycles. The first-order valence-corrected chi connectivity index (χ1v) is 10.9. The molecule has 162 valence electrons. The highest BCUT2D eigenvalue weighted by molar-refractivity contribution is 7.22. The molecule has 0 radical (unpaired) electrons. The standard InChI is InChI=1S/C15H17N5O2S.C6H12O/c1-8-10(22-7-9-4-5-18-14(16)19-9)6-11(21-3)12-13(8)23-15(17-2)20-12;7-6-4-2-1-3-5-6/h4-6H,7H2,1-3H3,(H,17,20)(H2,16,18,19);6-7H,1-5H2. The number of aromatic nitrogens is 3. The predicted molar refractivity (Wildman–Crippen MR) is 120 cm³/mol. The van der Waals surface area contributed by atoms with Gasteiger partial charge in [-0.2, -0.15) is 0 Å². The number of thiazole rings is 1. The second-order valence-electron chi connectivity index (χ2n) is 7.14. The summed E-state index contributed by atoms with van der Waals surface area (Å²) in [5.41, 5.74) is 8.15. The largest absolute Gasteiger partial charge is 0.494 e. The van der Waals surface area contributed by atoms with Crippen molar-refractivity contribution >= 4 is 32.6 Å². The van der Waals surface area contributed by atoms with E-state index in [-0.39, 0.29) is 12.1 Å². The van der Waals surface area contributed by atoms with E-state index in [9.17, 15) is 0 Å². The van der Waals surface area contributed by atoms with Crippen LogP contribution in [0.4, 0.5) is 11.1 Å². The lowest BCUT2D eigenvalue weighted by Crippen LogP contribution is -2.09. The number of hydrogen-bond donors (Lipinski definition) is 3. The van der Waals surface area contributed by atoms with E-state index < -0.39 is 0 Å². The van der Waals surface area contributed by atoms with E-state index in [0.717, 1.165) is 45.2 Å². The molecule has 4 N–H and O–H groups in total. The van der Waals surface area contributed by atoms with Crippen LogP contribution in [0.5, 0.6) is 11.5 Å². The highest BCUT2D eigenvalue weighted by Gasteiger charge is 2.16. The minimum absolute atomic E-state index is 0.0359. The third kappa shape index (κ3) is 5.48. The summed E-state index contributed by atoms with van der Waals surface area (Å²) in [4.78, 5) is 12.5. The molecule has 0 saturated heterocycles. The zero-order chi connectivity index (χ0) is 21.5. The van der Waals surface area contributed by atoms with Crippen molar-refractivity contribution < 1.29 is 14.6 Å². The van der Waals surface area contributed by atoms with Gasteiger partial charge in [0.15, 0.2) is 5.13 Å². The molecule has 4 rings (SSSR count). The van der Waals surface area contributed by atoms with Crippen molar-refractivity contribution in [2.24, 2.45) is 0 Å². The van der Waals surface area contributed by atoms with Crippen LogP contribution in [0.25, 0.3) is 10.2 Å². The highest BCUT2D eigenvalue weighted by atomic mass is 32.1. The number of anilines is 2. The number of nitrogens with two attached hydrogens (primary N) is 1. The molecular weight excluding hydrogens is 402 g/mol. The molecule has 0 atom stereocenters. The average Bonchev–Trinajstić information content (AvgIpc) is 3.20. The summed E-state index contributed by atoms with van der Waals surface area (Å²) < 4.78 is 12.4. The molecule has 9 heteroatoms. The third-order valence-electron chi connectivity index (χ3n) is 4.95. The third-order valence-corrected chi connectivity index (χ3v) is 6.14. The quantitative estimate of drug-likeness (QED) is 0.557. The first-order valence-electron chi connectivity index (χ1n) is 10.1. The number of ether oxygens (including phenoxy) is 2. The van der Waals surface area contributed by atoms with E-state index in [1.54, 1.807) is 30.7 Å². The van der Waals surface area contributed by atoms with Gasteiger partial charge >= 0.3 is 0 Å². The second-order valence-corrected chi connectivity index (χ2v) is 8.13. The molecule has 1 aliphatic carbocycles. The van der Waals surface area contributed by atoms with Gasteiger partial charge in [-0.15, -0.1) is 0 Å². The Bertz CT molecular complexity index is 973. The molecule has 1 fully saturated rings. The first-order chi connectivity index (χ1) is 14.5. The van der Waals surface area contributed by atoms with E-state index in [0.29, 0.717) is 12.4 Å². The molecule has 0 aliphatic heterocycles. The summed E-state index contributed by atoms with van der Waals surface area (Å²) in [6.07, 6.45) is 7.54. The summed E-state index contributed by atoms with van der Waals surface area (Å²) >= 11 is 1.56. The van der Waals surface area contributed by atoms with Crippen molar-refractivity contribution in [2.45, 2.75) is 51.7 Å². The van der Waals surface area contributed by atoms with E-state index in [2.05, 4.69) is 20.3 Å². The molecule has 2 heterocycles. The number of aliphatic hydroxyl groups is 1. The van der Waals surface area contributed by atoms with Crippen molar-refractivity contribution in [1.29, 1.82) is 0 Å². The van der Waals surface area contributed by atoms with Crippen molar-refractivity contribution in [3.05, 3.63) is 29.6 Å². The summed E-state index contributed by atoms with van der Waals surface area (Å²) in [7, 11) is 3.47. The van der Waals surface area contributed by atoms with Gasteiger partial charge in [-0.3, -0.25) is 0 Å². The Morgan fingerprint density at radius 1 is 1.23 bits per heavy atom. The number of nitrogen functional groups attached to an aromatic ring is 1. The average molecular weight is 432 g/mol. The normalized spacial score (nSPS) is 14.1. The van der Waals surface area contributed by atoms with Gasteiger partial charge in [-0.25, -0.2) is 15.0 Å². The predicted octanol–water partition coefficient (Wildman–Crippen LogP) is 3.92. The maximum absolute atomic E-state index is 8.91. The fourth-order valence-electron chi connectivity index (χ4n) is 3.29. The molecule has 2 aromatic heterocycles. The molecule has 0 bridgehead atoms. The van der Waals surface area contributed by atoms with Crippen molar-refractivity contribution in [2.75, 3.05) is 25.2 Å². The number of hydrogen-bond acceptors (Lipinski definition) is 9. The molecule has 0 unspecified atom stereocenters. The number of aliphatic hydroxyl groups excluding tert-OH is 1. The van der Waals surface area contributed by atoms with Crippen molar-refractivity contribution in [1.82, 2.24) is 15.0 Å². The Hall–Kier alpha value is -2.65. The van der Waals surface area contributed by atoms with Crippen molar-refractivity contribution in [3.63, 3.8) is 0 Å². The number of methoxy groups -OCH3 is 1. The lowest BCUT2D eigenvalue weighted by atomic mass is 9.98. The van der Waals surface area contributed by atoms with Crippen LogP contribution in [0.15, 0.2) is 18.3 Å². The summed E-state index contributed by atoms with van der Waals surface area (Å²) in [6, 6.07) is 3.62. The van der Waals surface area contributed by atoms with Gasteiger partial charge in [0.1, 0.15) is 23.6 Å². The lowest BCUT2D eigenvalue weighted by molar-refractivity contribution is 0.130. The first kappa shape index (κ1) is 22.0. The van der Waals surface area contributed by atoms with Crippen LogP contribution in [0, 0.1) is 6.92 Å². The SMILES string of the molecule is CNc1nc2c(OC)cc(OCc3ccnc(N)n3)c(C)c2s1.OC1CCCCC1. The van der Waals surface area contributed by atoms with Crippen LogP contribution in [-0.2, 0) is 6.61 Å². The van der Waals surface area contributed by atoms with Gasteiger partial charge in [-0.1, -0.05) is 30.6 Å². The number of benzene rings is 1. The van der Waals surface area contributed by atoms with Crippen LogP contribution in [0.1, 0.15) is 43.4 Å². The Balaban J connectivity index is 0.000000310. The molecule has 3 aromatic rings. The van der Waals surface area contributed by atoms with Gasteiger partial charge < -0.3 is 25.6 Å². The fraction of sp³-hybridized carbons (Fsp3) is 0.476. The summed E-state index contributed by atoms with van der Waals surface area (Å²) in [5.74, 6) is 1.65. The maximum Gasteiger partial charge on any atom is 0.220 e. The van der Waals surface area contributed by atoms with Crippen LogP contribution in [-0.4, -0.2) is 40.3 Å². The monoisotopic (exact) mass is 431 g/mol. The molecule has 1 saturated carbocycles. The number of nitrogens with zero attached hydrogens (tertiary/aromatic N) is 3.